The molecule has 0 bridgehead atoms. The molecule has 0 aliphatic carbocycles. The number of hydrogen-bond donors (Lipinski definition) is 0. The second kappa shape index (κ2) is 5.01. The van der Waals surface area contributed by atoms with E-state index in [4.69, 9.17) is 0 Å². The van der Waals surface area contributed by atoms with Crippen LogP contribution in [0.3, 0.4) is 0 Å². The largest absolute Gasteiger partial charge is 0.415 e. The zero-order valence-electron chi connectivity index (χ0n) is 9.20. The summed E-state index contributed by atoms with van der Waals surface area (Å²) in [5.41, 5.74) is 1.17. The predicted octanol–water partition coefficient (Wildman–Crippen LogP) is 4.57. The summed E-state index contributed by atoms with van der Waals surface area (Å²) in [7, 11) is 0. The molecular formula is C12H15F3. The maximum Gasteiger partial charge on any atom is 0.415 e. The van der Waals surface area contributed by atoms with Crippen molar-refractivity contribution in [1.82, 2.24) is 0 Å². The predicted molar refractivity (Wildman–Crippen MR) is 57.5 cm³/mol. The number of allylic oxidation sites excluding steroid dienone is 6. The first-order valence-corrected chi connectivity index (χ1v) is 4.43. The molecule has 0 fully saturated rings. The molecule has 0 amide bonds. The fourth-order valence-corrected chi connectivity index (χ4v) is 0.898. The normalized spacial score (nSPS) is 12.3. The Morgan fingerprint density at radius 3 is 1.80 bits per heavy atom. The molecule has 15 heavy (non-hydrogen) atoms. The van der Waals surface area contributed by atoms with Gasteiger partial charge in [0.15, 0.2) is 0 Å². The van der Waals surface area contributed by atoms with Gasteiger partial charge in [0.1, 0.15) is 0 Å². The molecule has 0 aromatic carbocycles. The molecule has 0 aliphatic rings. The third kappa shape index (κ3) is 5.25. The molecule has 84 valence electrons. The van der Waals surface area contributed by atoms with Crippen molar-refractivity contribution < 1.29 is 13.2 Å². The van der Waals surface area contributed by atoms with Crippen LogP contribution in [0.15, 0.2) is 47.6 Å². The minimum atomic E-state index is -4.37. The molecule has 0 heterocycles. The average molecular weight is 216 g/mol. The zero-order chi connectivity index (χ0) is 12.2. The quantitative estimate of drug-likeness (QED) is 0.606. The standard InChI is InChI=1S/C12H15F3/c1-8(2)6-9(3)10(4)7-11(5)12(13,14)15/h6-7H,3,5H2,1-2,4H3/b10-7+. The summed E-state index contributed by atoms with van der Waals surface area (Å²) < 4.78 is 36.4. The fraction of sp³-hybridized carbons (Fsp3) is 0.333. The highest BCUT2D eigenvalue weighted by Crippen LogP contribution is 2.27. The Kier molecular flexibility index (Phi) is 4.59. The van der Waals surface area contributed by atoms with Gasteiger partial charge in [-0.05, 0) is 38.0 Å². The first-order valence-electron chi connectivity index (χ1n) is 4.43. The Hall–Kier alpha value is -1.25. The van der Waals surface area contributed by atoms with Gasteiger partial charge in [-0.25, -0.2) is 0 Å². The number of halogens is 3. The first kappa shape index (κ1) is 13.8. The summed E-state index contributed by atoms with van der Waals surface area (Å²) in [6, 6.07) is 0. The molecule has 0 aromatic rings. The number of alkyl halides is 3. The Bertz CT molecular complexity index is 323. The summed E-state index contributed by atoms with van der Waals surface area (Å²) in [6.07, 6.45) is -1.64. The van der Waals surface area contributed by atoms with Crippen molar-refractivity contribution in [2.24, 2.45) is 0 Å². The van der Waals surface area contributed by atoms with Crippen molar-refractivity contribution in [3.05, 3.63) is 47.6 Å². The van der Waals surface area contributed by atoms with Gasteiger partial charge in [-0.3, -0.25) is 0 Å². The van der Waals surface area contributed by atoms with Crippen molar-refractivity contribution in [1.29, 1.82) is 0 Å². The third-order valence-corrected chi connectivity index (χ3v) is 1.72. The average Bonchev–Trinajstić information content (AvgIpc) is 2.00. The molecular weight excluding hydrogens is 201 g/mol. The molecule has 0 unspecified atom stereocenters. The lowest BCUT2D eigenvalue weighted by Crippen LogP contribution is -2.09. The summed E-state index contributed by atoms with van der Waals surface area (Å²) in [4.78, 5) is 0. The van der Waals surface area contributed by atoms with Crippen LogP contribution in [0.4, 0.5) is 13.2 Å². The highest BCUT2D eigenvalue weighted by molar-refractivity contribution is 5.41. The summed E-state index contributed by atoms with van der Waals surface area (Å²) >= 11 is 0. The van der Waals surface area contributed by atoms with Gasteiger partial charge in [-0.1, -0.05) is 24.8 Å². The minimum absolute atomic E-state index is 0.471. The molecule has 0 aliphatic heterocycles. The SMILES string of the molecule is C=C(C=C(C)C)/C(C)=C/C(=C)C(F)(F)F. The molecule has 0 saturated carbocycles. The molecule has 0 saturated heterocycles. The molecule has 0 N–H and O–H groups in total. The fourth-order valence-electron chi connectivity index (χ4n) is 0.898. The molecule has 0 nitrogen and oxygen atoms in total. The van der Waals surface area contributed by atoms with Crippen LogP contribution in [0.5, 0.6) is 0 Å². The highest BCUT2D eigenvalue weighted by Gasteiger charge is 2.30. The lowest BCUT2D eigenvalue weighted by molar-refractivity contribution is -0.0878. The molecule has 0 atom stereocenters. The zero-order valence-corrected chi connectivity index (χ0v) is 9.20. The maximum atomic E-state index is 12.1. The van der Waals surface area contributed by atoms with Gasteiger partial charge in [0.05, 0.1) is 0 Å². The highest BCUT2D eigenvalue weighted by atomic mass is 19.4. The molecule has 0 aromatic heterocycles. The van der Waals surface area contributed by atoms with Crippen molar-refractivity contribution in [2.45, 2.75) is 26.9 Å². The van der Waals surface area contributed by atoms with Crippen LogP contribution in [-0.4, -0.2) is 6.18 Å². The van der Waals surface area contributed by atoms with E-state index in [0.717, 1.165) is 11.6 Å². The lowest BCUT2D eigenvalue weighted by atomic mass is 10.0. The van der Waals surface area contributed by atoms with Gasteiger partial charge in [0, 0.05) is 5.57 Å². The minimum Gasteiger partial charge on any atom is -0.166 e. The van der Waals surface area contributed by atoms with E-state index in [1.54, 1.807) is 13.0 Å². The molecule has 3 heteroatoms. The third-order valence-electron chi connectivity index (χ3n) is 1.72. The van der Waals surface area contributed by atoms with Crippen LogP contribution in [-0.2, 0) is 0 Å². The Morgan fingerprint density at radius 1 is 1.00 bits per heavy atom. The van der Waals surface area contributed by atoms with Crippen LogP contribution >= 0.6 is 0 Å². The van der Waals surface area contributed by atoms with Crippen LogP contribution < -0.4 is 0 Å². The van der Waals surface area contributed by atoms with Crippen LogP contribution in [0.25, 0.3) is 0 Å². The van der Waals surface area contributed by atoms with Gasteiger partial charge in [0.2, 0.25) is 0 Å². The maximum absolute atomic E-state index is 12.1. The van der Waals surface area contributed by atoms with Crippen LogP contribution in [0, 0.1) is 0 Å². The van der Waals surface area contributed by atoms with Crippen LogP contribution in [0.2, 0.25) is 0 Å². The van der Waals surface area contributed by atoms with E-state index in [-0.39, 0.29) is 0 Å². The molecule has 0 rings (SSSR count). The topological polar surface area (TPSA) is 0 Å². The van der Waals surface area contributed by atoms with Gasteiger partial charge in [0.25, 0.3) is 0 Å². The van der Waals surface area contributed by atoms with E-state index in [0.29, 0.717) is 11.1 Å². The monoisotopic (exact) mass is 216 g/mol. The summed E-state index contributed by atoms with van der Waals surface area (Å²) in [5, 5.41) is 0. The van der Waals surface area contributed by atoms with Gasteiger partial charge in [-0.2, -0.15) is 13.2 Å². The van der Waals surface area contributed by atoms with E-state index in [1.165, 1.54) is 0 Å². The van der Waals surface area contributed by atoms with Crippen molar-refractivity contribution in [3.63, 3.8) is 0 Å². The van der Waals surface area contributed by atoms with E-state index >= 15 is 0 Å². The second-order valence-corrected chi connectivity index (χ2v) is 3.60. The summed E-state index contributed by atoms with van der Waals surface area (Å²) in [6.45, 7) is 11.9. The van der Waals surface area contributed by atoms with Gasteiger partial charge in [-0.15, -0.1) is 0 Å². The molecule has 0 spiro atoms. The van der Waals surface area contributed by atoms with Gasteiger partial charge >= 0.3 is 6.18 Å². The second-order valence-electron chi connectivity index (χ2n) is 3.60. The van der Waals surface area contributed by atoms with E-state index < -0.39 is 11.7 Å². The van der Waals surface area contributed by atoms with E-state index in [1.807, 2.05) is 13.8 Å². The van der Waals surface area contributed by atoms with Crippen molar-refractivity contribution >= 4 is 0 Å². The smallest absolute Gasteiger partial charge is 0.166 e. The number of rotatable bonds is 3. The van der Waals surface area contributed by atoms with Crippen molar-refractivity contribution in [3.8, 4) is 0 Å². The van der Waals surface area contributed by atoms with Gasteiger partial charge < -0.3 is 0 Å². The molecule has 0 radical (unpaired) electrons. The van der Waals surface area contributed by atoms with Crippen molar-refractivity contribution in [2.75, 3.05) is 0 Å². The Labute approximate surface area is 88.5 Å². The lowest BCUT2D eigenvalue weighted by Gasteiger charge is -2.07. The first-order chi connectivity index (χ1) is 6.64. The van der Waals surface area contributed by atoms with E-state index in [2.05, 4.69) is 13.2 Å². The van der Waals surface area contributed by atoms with E-state index in [9.17, 15) is 13.2 Å². The number of hydrogen-bond acceptors (Lipinski definition) is 0. The van der Waals surface area contributed by atoms with Crippen LogP contribution in [0.1, 0.15) is 20.8 Å². The Balaban J connectivity index is 4.80. The summed E-state index contributed by atoms with van der Waals surface area (Å²) in [5.74, 6) is 0. The Morgan fingerprint density at radius 2 is 1.47 bits per heavy atom.